The number of aromatic nitrogens is 1. The third-order valence-corrected chi connectivity index (χ3v) is 4.39. The molecule has 1 aromatic carbocycles. The van der Waals surface area contributed by atoms with E-state index >= 15 is 0 Å². The Morgan fingerprint density at radius 1 is 1.28 bits per heavy atom. The fraction of sp³-hybridized carbons (Fsp3) is 0.500. The number of nitrogens with zero attached hydrogens (tertiary/aromatic N) is 1. The molecule has 0 saturated heterocycles. The number of fused-ring (bicyclic) bond motifs is 1. The lowest BCUT2D eigenvalue weighted by molar-refractivity contribution is 0.404. The number of hydrogen-bond acceptors (Lipinski definition) is 1. The lowest BCUT2D eigenvalue weighted by Gasteiger charge is -2.17. The fourth-order valence-corrected chi connectivity index (χ4v) is 3.09. The summed E-state index contributed by atoms with van der Waals surface area (Å²) in [7, 11) is 0. The van der Waals surface area contributed by atoms with E-state index in [2.05, 4.69) is 42.0 Å². The molecule has 3 rings (SSSR count). The lowest BCUT2D eigenvalue weighted by atomic mass is 10.0. The Labute approximate surface area is 109 Å². The summed E-state index contributed by atoms with van der Waals surface area (Å²) in [4.78, 5) is 0. The van der Waals surface area contributed by atoms with Crippen molar-refractivity contribution in [2.45, 2.75) is 39.2 Å². The first-order chi connectivity index (χ1) is 8.78. The van der Waals surface area contributed by atoms with Gasteiger partial charge in [-0.05, 0) is 54.7 Å². The molecule has 0 amide bonds. The molecule has 1 aromatic heterocycles. The molecule has 18 heavy (non-hydrogen) atoms. The van der Waals surface area contributed by atoms with Crippen LogP contribution in [-0.2, 0) is 13.0 Å². The normalized spacial score (nSPS) is 17.2. The van der Waals surface area contributed by atoms with E-state index in [0.29, 0.717) is 5.41 Å². The van der Waals surface area contributed by atoms with Gasteiger partial charge in [0.15, 0.2) is 0 Å². The molecule has 0 atom stereocenters. The Hall–Kier alpha value is -1.28. The Balaban J connectivity index is 1.97. The van der Waals surface area contributed by atoms with Crippen molar-refractivity contribution in [1.82, 2.24) is 4.57 Å². The van der Waals surface area contributed by atoms with Gasteiger partial charge in [0.1, 0.15) is 0 Å². The van der Waals surface area contributed by atoms with Crippen LogP contribution in [0.4, 0.5) is 0 Å². The highest BCUT2D eigenvalue weighted by molar-refractivity contribution is 5.83. The second kappa shape index (κ2) is 4.43. The first-order valence-corrected chi connectivity index (χ1v) is 7.05. The van der Waals surface area contributed by atoms with Crippen LogP contribution in [0.2, 0.25) is 0 Å². The number of rotatable bonds is 5. The summed E-state index contributed by atoms with van der Waals surface area (Å²) in [5, 5.41) is 1.37. The molecule has 0 spiro atoms. The molecular formula is C16H22N2. The smallest absolute Gasteiger partial charge is 0.0512 e. The van der Waals surface area contributed by atoms with Crippen LogP contribution in [0.3, 0.4) is 0 Å². The Morgan fingerprint density at radius 2 is 2.11 bits per heavy atom. The molecule has 2 nitrogen and oxygen atoms in total. The van der Waals surface area contributed by atoms with Crippen LogP contribution in [0, 0.1) is 5.41 Å². The standard InChI is InChI=1S/C16H22N2/c1-2-13-4-3-5-14-6-11-18(15(13)14)12-16(7-8-16)9-10-17/h3-6,11H,2,7-10,12,17H2,1H3. The number of benzene rings is 1. The van der Waals surface area contributed by atoms with Crippen molar-refractivity contribution < 1.29 is 0 Å². The molecule has 2 N–H and O–H groups in total. The summed E-state index contributed by atoms with van der Waals surface area (Å²) in [6.45, 7) is 4.20. The van der Waals surface area contributed by atoms with Gasteiger partial charge in [-0.1, -0.05) is 25.1 Å². The lowest BCUT2D eigenvalue weighted by Crippen LogP contribution is -2.16. The van der Waals surface area contributed by atoms with Crippen LogP contribution in [0.5, 0.6) is 0 Å². The monoisotopic (exact) mass is 242 g/mol. The zero-order valence-electron chi connectivity index (χ0n) is 11.2. The third kappa shape index (κ3) is 1.95. The van der Waals surface area contributed by atoms with E-state index < -0.39 is 0 Å². The molecule has 0 aliphatic heterocycles. The molecule has 1 saturated carbocycles. The molecular weight excluding hydrogens is 220 g/mol. The number of para-hydroxylation sites is 1. The van der Waals surface area contributed by atoms with Crippen LogP contribution < -0.4 is 5.73 Å². The molecule has 2 heteroatoms. The van der Waals surface area contributed by atoms with Crippen LogP contribution in [-0.4, -0.2) is 11.1 Å². The van der Waals surface area contributed by atoms with E-state index in [0.717, 1.165) is 19.5 Å². The van der Waals surface area contributed by atoms with Gasteiger partial charge < -0.3 is 10.3 Å². The first-order valence-electron chi connectivity index (χ1n) is 7.05. The van der Waals surface area contributed by atoms with Gasteiger partial charge in [0.2, 0.25) is 0 Å². The van der Waals surface area contributed by atoms with Crippen molar-refractivity contribution in [3.8, 4) is 0 Å². The molecule has 1 heterocycles. The molecule has 2 aromatic rings. The van der Waals surface area contributed by atoms with Gasteiger partial charge in [0.05, 0.1) is 5.52 Å². The van der Waals surface area contributed by atoms with Crippen LogP contribution >= 0.6 is 0 Å². The van der Waals surface area contributed by atoms with Gasteiger partial charge in [-0.25, -0.2) is 0 Å². The van der Waals surface area contributed by atoms with E-state index in [-0.39, 0.29) is 0 Å². The fourth-order valence-electron chi connectivity index (χ4n) is 3.09. The van der Waals surface area contributed by atoms with Crippen molar-refractivity contribution in [2.24, 2.45) is 11.1 Å². The number of aryl methyl sites for hydroxylation is 1. The summed E-state index contributed by atoms with van der Waals surface area (Å²) < 4.78 is 2.46. The maximum atomic E-state index is 5.74. The predicted octanol–water partition coefficient (Wildman–Crippen LogP) is 3.33. The van der Waals surface area contributed by atoms with Crippen molar-refractivity contribution in [3.05, 3.63) is 36.0 Å². The Kier molecular flexibility index (Phi) is 2.90. The SMILES string of the molecule is CCc1cccc2ccn(CC3(CCN)CC3)c12. The number of hydrogen-bond donors (Lipinski definition) is 1. The third-order valence-electron chi connectivity index (χ3n) is 4.39. The van der Waals surface area contributed by atoms with Gasteiger partial charge in [-0.3, -0.25) is 0 Å². The largest absolute Gasteiger partial charge is 0.347 e. The zero-order chi connectivity index (χ0) is 12.6. The molecule has 0 unspecified atom stereocenters. The highest BCUT2D eigenvalue weighted by Crippen LogP contribution is 2.50. The van der Waals surface area contributed by atoms with Crippen LogP contribution in [0.1, 0.15) is 31.7 Å². The second-order valence-electron chi connectivity index (χ2n) is 5.69. The molecule has 96 valence electrons. The van der Waals surface area contributed by atoms with Gasteiger partial charge in [-0.2, -0.15) is 0 Å². The van der Waals surface area contributed by atoms with Crippen molar-refractivity contribution >= 4 is 10.9 Å². The maximum Gasteiger partial charge on any atom is 0.0512 e. The quantitative estimate of drug-likeness (QED) is 0.856. The summed E-state index contributed by atoms with van der Waals surface area (Å²) in [6, 6.07) is 8.88. The van der Waals surface area contributed by atoms with Crippen molar-refractivity contribution in [3.63, 3.8) is 0 Å². The summed E-state index contributed by atoms with van der Waals surface area (Å²) >= 11 is 0. The highest BCUT2D eigenvalue weighted by atomic mass is 15.0. The van der Waals surface area contributed by atoms with E-state index in [1.54, 1.807) is 0 Å². The first kappa shape index (κ1) is 11.8. The van der Waals surface area contributed by atoms with Gasteiger partial charge in [-0.15, -0.1) is 0 Å². The second-order valence-corrected chi connectivity index (χ2v) is 5.69. The topological polar surface area (TPSA) is 30.9 Å². The van der Waals surface area contributed by atoms with Crippen molar-refractivity contribution in [1.29, 1.82) is 0 Å². The van der Waals surface area contributed by atoms with Gasteiger partial charge in [0.25, 0.3) is 0 Å². The van der Waals surface area contributed by atoms with Crippen LogP contribution in [0.25, 0.3) is 10.9 Å². The van der Waals surface area contributed by atoms with Gasteiger partial charge >= 0.3 is 0 Å². The average Bonchev–Trinajstić information content (AvgIpc) is 3.02. The van der Waals surface area contributed by atoms with E-state index in [1.807, 2.05) is 0 Å². The van der Waals surface area contributed by atoms with Crippen LogP contribution in [0.15, 0.2) is 30.5 Å². The molecule has 1 aliphatic carbocycles. The Morgan fingerprint density at radius 3 is 2.78 bits per heavy atom. The van der Waals surface area contributed by atoms with Crippen molar-refractivity contribution in [2.75, 3.05) is 6.54 Å². The Bertz CT molecular complexity index is 549. The van der Waals surface area contributed by atoms with E-state index in [1.165, 1.54) is 35.7 Å². The molecule has 1 fully saturated rings. The molecule has 0 radical (unpaired) electrons. The minimum Gasteiger partial charge on any atom is -0.347 e. The minimum absolute atomic E-state index is 0.502. The summed E-state index contributed by atoms with van der Waals surface area (Å²) in [5.41, 5.74) is 9.14. The highest BCUT2D eigenvalue weighted by Gasteiger charge is 2.41. The summed E-state index contributed by atoms with van der Waals surface area (Å²) in [6.07, 6.45) is 7.21. The van der Waals surface area contributed by atoms with Gasteiger partial charge in [0, 0.05) is 12.7 Å². The summed E-state index contributed by atoms with van der Waals surface area (Å²) in [5.74, 6) is 0. The van der Waals surface area contributed by atoms with E-state index in [4.69, 9.17) is 5.73 Å². The van der Waals surface area contributed by atoms with E-state index in [9.17, 15) is 0 Å². The number of nitrogens with two attached hydrogens (primary N) is 1. The minimum atomic E-state index is 0.502. The zero-order valence-corrected chi connectivity index (χ0v) is 11.2. The molecule has 0 bridgehead atoms. The molecule has 1 aliphatic rings. The predicted molar refractivity (Wildman–Crippen MR) is 76.7 cm³/mol. The average molecular weight is 242 g/mol. The maximum absolute atomic E-state index is 5.74.